The van der Waals surface area contributed by atoms with Crippen molar-refractivity contribution in [2.45, 2.75) is 19.6 Å². The number of hydrogen-bond acceptors (Lipinski definition) is 3. The molecule has 46 valence electrons. The molecule has 0 aromatic heterocycles. The Hall–Kier alpha value is -0.160. The summed E-state index contributed by atoms with van der Waals surface area (Å²) < 4.78 is 0. The number of aliphatic hydroxyl groups excluding tert-OH is 1. The average Bonchev–Trinajstić information content (AvgIpc) is 1.65. The van der Waals surface area contributed by atoms with Gasteiger partial charge in [-0.05, 0) is 6.42 Å². The first-order chi connectivity index (χ1) is 2.81. The van der Waals surface area contributed by atoms with E-state index in [2.05, 4.69) is 4.89 Å². The lowest BCUT2D eigenvalue weighted by Gasteiger charge is -1.97. The van der Waals surface area contributed by atoms with Crippen LogP contribution in [0.4, 0.5) is 0 Å². The van der Waals surface area contributed by atoms with Gasteiger partial charge in [0.05, 0.1) is 0 Å². The van der Waals surface area contributed by atoms with Crippen molar-refractivity contribution in [2.75, 3.05) is 0 Å². The van der Waals surface area contributed by atoms with E-state index in [0.29, 0.717) is 6.42 Å². The second-order valence-corrected chi connectivity index (χ2v) is 0.968. The molecule has 0 amide bonds. The molecule has 0 bridgehead atoms. The Morgan fingerprint density at radius 3 is 2.14 bits per heavy atom. The smallest absolute Gasteiger partial charge is 0.188 e. The summed E-state index contributed by atoms with van der Waals surface area (Å²) >= 11 is 0. The van der Waals surface area contributed by atoms with Gasteiger partial charge in [-0.1, -0.05) is 6.92 Å². The van der Waals surface area contributed by atoms with Crippen LogP contribution in [0.2, 0.25) is 0 Å². The van der Waals surface area contributed by atoms with Gasteiger partial charge in [0.2, 0.25) is 0 Å². The second-order valence-electron chi connectivity index (χ2n) is 0.968. The standard InChI is InChI=1S/C3H8O3.H2O/c1-2-3(4)6-5;/h3-5H,2H2,1H3;1H2. The predicted molar refractivity (Wildman–Crippen MR) is 23.6 cm³/mol. The molecule has 0 heterocycles. The van der Waals surface area contributed by atoms with Crippen LogP contribution in [0.25, 0.3) is 0 Å². The van der Waals surface area contributed by atoms with Gasteiger partial charge in [-0.2, -0.15) is 0 Å². The summed E-state index contributed by atoms with van der Waals surface area (Å²) in [5.74, 6) is 0. The number of hydrogen-bond donors (Lipinski definition) is 2. The molecule has 1 atom stereocenters. The summed E-state index contributed by atoms with van der Waals surface area (Å²) in [4.78, 5) is 3.45. The second kappa shape index (κ2) is 5.84. The van der Waals surface area contributed by atoms with E-state index in [4.69, 9.17) is 10.4 Å². The SMILES string of the molecule is CCC(O)OO.O. The lowest BCUT2D eigenvalue weighted by Crippen LogP contribution is -2.05. The largest absolute Gasteiger partial charge is 0.412 e. The van der Waals surface area contributed by atoms with E-state index < -0.39 is 6.29 Å². The molecule has 0 aliphatic heterocycles. The first-order valence-corrected chi connectivity index (χ1v) is 1.79. The number of aliphatic hydroxyl groups is 1. The predicted octanol–water partition coefficient (Wildman–Crippen LogP) is -0.620. The van der Waals surface area contributed by atoms with E-state index in [1.807, 2.05) is 0 Å². The van der Waals surface area contributed by atoms with Gasteiger partial charge in [0, 0.05) is 0 Å². The third-order valence-electron chi connectivity index (χ3n) is 0.471. The topological polar surface area (TPSA) is 81.2 Å². The van der Waals surface area contributed by atoms with Crippen molar-refractivity contribution in [3.63, 3.8) is 0 Å². The summed E-state index contributed by atoms with van der Waals surface area (Å²) in [5, 5.41) is 15.8. The maximum Gasteiger partial charge on any atom is 0.188 e. The zero-order valence-corrected chi connectivity index (χ0v) is 4.09. The van der Waals surface area contributed by atoms with E-state index in [0.717, 1.165) is 0 Å². The molecule has 0 rings (SSSR count). The Morgan fingerprint density at radius 2 is 2.14 bits per heavy atom. The molecule has 0 aromatic carbocycles. The van der Waals surface area contributed by atoms with Crippen LogP contribution < -0.4 is 0 Å². The zero-order chi connectivity index (χ0) is 4.99. The van der Waals surface area contributed by atoms with E-state index in [9.17, 15) is 0 Å². The van der Waals surface area contributed by atoms with Crippen molar-refractivity contribution in [1.82, 2.24) is 0 Å². The fourth-order valence-electron chi connectivity index (χ4n) is 0.0745. The van der Waals surface area contributed by atoms with E-state index in [1.54, 1.807) is 6.92 Å². The van der Waals surface area contributed by atoms with Crippen molar-refractivity contribution in [1.29, 1.82) is 0 Å². The van der Waals surface area contributed by atoms with Gasteiger partial charge in [-0.15, -0.1) is 0 Å². The van der Waals surface area contributed by atoms with Crippen molar-refractivity contribution in [3.8, 4) is 0 Å². The molecule has 0 radical (unpaired) electrons. The van der Waals surface area contributed by atoms with Crippen LogP contribution in [-0.4, -0.2) is 22.1 Å². The van der Waals surface area contributed by atoms with Crippen LogP contribution in [0.3, 0.4) is 0 Å². The summed E-state index contributed by atoms with van der Waals surface area (Å²) in [5.41, 5.74) is 0. The van der Waals surface area contributed by atoms with Gasteiger partial charge in [0.25, 0.3) is 0 Å². The maximum atomic E-state index is 8.19. The minimum absolute atomic E-state index is 0. The molecule has 0 saturated heterocycles. The minimum Gasteiger partial charge on any atom is -0.412 e. The molecule has 0 saturated carbocycles. The lowest BCUT2D eigenvalue weighted by molar-refractivity contribution is -0.334. The summed E-state index contributed by atoms with van der Waals surface area (Å²) in [6.07, 6.45) is -0.596. The van der Waals surface area contributed by atoms with E-state index in [-0.39, 0.29) is 5.48 Å². The third-order valence-corrected chi connectivity index (χ3v) is 0.471. The zero-order valence-electron chi connectivity index (χ0n) is 4.09. The van der Waals surface area contributed by atoms with Crippen molar-refractivity contribution in [2.24, 2.45) is 0 Å². The van der Waals surface area contributed by atoms with E-state index >= 15 is 0 Å². The van der Waals surface area contributed by atoms with Crippen LogP contribution in [0, 0.1) is 0 Å². The van der Waals surface area contributed by atoms with Gasteiger partial charge in [0.15, 0.2) is 6.29 Å². The molecule has 4 nitrogen and oxygen atoms in total. The molecule has 0 aromatic rings. The first kappa shape index (κ1) is 9.96. The van der Waals surface area contributed by atoms with Gasteiger partial charge >= 0.3 is 0 Å². The third kappa shape index (κ3) is 5.84. The highest BCUT2D eigenvalue weighted by Crippen LogP contribution is 1.85. The van der Waals surface area contributed by atoms with Gasteiger partial charge in [-0.25, -0.2) is 10.1 Å². The first-order valence-electron chi connectivity index (χ1n) is 1.79. The lowest BCUT2D eigenvalue weighted by atomic mass is 10.5. The molecule has 0 spiro atoms. The average molecular weight is 110 g/mol. The highest BCUT2D eigenvalue weighted by molar-refractivity contribution is 4.24. The summed E-state index contributed by atoms with van der Waals surface area (Å²) in [7, 11) is 0. The molecular formula is C3H10O4. The Balaban J connectivity index is 0. The Kier molecular flexibility index (Phi) is 8.31. The van der Waals surface area contributed by atoms with Gasteiger partial charge in [-0.3, -0.25) is 0 Å². The van der Waals surface area contributed by atoms with Crippen molar-refractivity contribution < 1.29 is 20.7 Å². The quantitative estimate of drug-likeness (QED) is 0.282. The molecule has 1 unspecified atom stereocenters. The highest BCUT2D eigenvalue weighted by atomic mass is 17.1. The van der Waals surface area contributed by atoms with E-state index in [1.165, 1.54) is 0 Å². The van der Waals surface area contributed by atoms with Crippen LogP contribution in [0.15, 0.2) is 0 Å². The van der Waals surface area contributed by atoms with Gasteiger partial charge in [0.1, 0.15) is 0 Å². The van der Waals surface area contributed by atoms with Crippen LogP contribution in [0.5, 0.6) is 0 Å². The molecule has 0 fully saturated rings. The summed E-state index contributed by atoms with van der Waals surface area (Å²) in [6, 6.07) is 0. The molecular weight excluding hydrogens is 100 g/mol. The normalized spacial score (nSPS) is 12.4. The monoisotopic (exact) mass is 110 g/mol. The van der Waals surface area contributed by atoms with Crippen molar-refractivity contribution >= 4 is 0 Å². The minimum atomic E-state index is -1.01. The fourth-order valence-corrected chi connectivity index (χ4v) is 0.0745. The van der Waals surface area contributed by atoms with Crippen LogP contribution in [0.1, 0.15) is 13.3 Å². The summed E-state index contributed by atoms with van der Waals surface area (Å²) in [6.45, 7) is 1.70. The number of rotatable bonds is 2. The molecule has 7 heavy (non-hydrogen) atoms. The van der Waals surface area contributed by atoms with Crippen LogP contribution in [-0.2, 0) is 4.89 Å². The van der Waals surface area contributed by atoms with Crippen molar-refractivity contribution in [3.05, 3.63) is 0 Å². The Bertz CT molecular complexity index is 26.1. The highest BCUT2D eigenvalue weighted by Gasteiger charge is 1.93. The molecule has 4 N–H and O–H groups in total. The van der Waals surface area contributed by atoms with Gasteiger partial charge < -0.3 is 10.6 Å². The molecule has 0 aliphatic carbocycles. The fraction of sp³-hybridized carbons (Fsp3) is 1.00. The Morgan fingerprint density at radius 1 is 1.71 bits per heavy atom. The van der Waals surface area contributed by atoms with Crippen LogP contribution >= 0.6 is 0 Å². The maximum absolute atomic E-state index is 8.19. The molecule has 4 heteroatoms. The molecule has 0 aliphatic rings. The Labute approximate surface area is 41.6 Å².